The summed E-state index contributed by atoms with van der Waals surface area (Å²) in [6.07, 6.45) is -0.503. The summed E-state index contributed by atoms with van der Waals surface area (Å²) >= 11 is 0. The largest absolute Gasteiger partial charge is 0.489 e. The number of ether oxygens (including phenoxy) is 1. The van der Waals surface area contributed by atoms with E-state index in [4.69, 9.17) is 4.74 Å². The van der Waals surface area contributed by atoms with Crippen LogP contribution in [0.25, 0.3) is 0 Å². The molecule has 0 unspecified atom stereocenters. The molecular weight excluding hydrogens is 322 g/mol. The molecule has 0 aliphatic carbocycles. The highest BCUT2D eigenvalue weighted by molar-refractivity contribution is 5.29. The zero-order valence-corrected chi connectivity index (χ0v) is 15.1. The van der Waals surface area contributed by atoms with Crippen molar-refractivity contribution in [3.63, 3.8) is 0 Å². The fourth-order valence-corrected chi connectivity index (χ4v) is 2.74. The molecule has 0 radical (unpaired) electrons. The second-order valence-corrected chi connectivity index (χ2v) is 6.48. The first kappa shape index (κ1) is 18.2. The van der Waals surface area contributed by atoms with Crippen molar-refractivity contribution in [1.29, 1.82) is 0 Å². The maximum absolute atomic E-state index is 10.2. The lowest BCUT2D eigenvalue weighted by atomic mass is 10.1. The van der Waals surface area contributed by atoms with Gasteiger partial charge in [-0.05, 0) is 35.7 Å². The molecular formula is C23H25NO2. The van der Waals surface area contributed by atoms with E-state index in [-0.39, 0.29) is 0 Å². The number of aryl methyl sites for hydroxylation is 1. The van der Waals surface area contributed by atoms with Gasteiger partial charge in [-0.1, -0.05) is 72.3 Å². The smallest absolute Gasteiger partial charge is 0.120 e. The molecule has 0 saturated carbocycles. The van der Waals surface area contributed by atoms with Crippen LogP contribution in [0.2, 0.25) is 0 Å². The summed E-state index contributed by atoms with van der Waals surface area (Å²) in [4.78, 5) is 0. The number of rotatable bonds is 8. The second kappa shape index (κ2) is 9.18. The average Bonchev–Trinajstić information content (AvgIpc) is 2.68. The van der Waals surface area contributed by atoms with E-state index in [1.54, 1.807) is 0 Å². The highest BCUT2D eigenvalue weighted by atomic mass is 16.5. The molecule has 134 valence electrons. The third-order valence-electron chi connectivity index (χ3n) is 4.28. The second-order valence-electron chi connectivity index (χ2n) is 6.48. The number of hydrogen-bond acceptors (Lipinski definition) is 3. The maximum atomic E-state index is 10.2. The Labute approximate surface area is 155 Å². The van der Waals surface area contributed by atoms with E-state index in [1.807, 2.05) is 48.5 Å². The summed E-state index contributed by atoms with van der Waals surface area (Å²) in [5.41, 5.74) is 4.46. The van der Waals surface area contributed by atoms with Gasteiger partial charge in [0.25, 0.3) is 0 Å². The fourth-order valence-electron chi connectivity index (χ4n) is 2.74. The van der Waals surface area contributed by atoms with Crippen LogP contribution in [0.5, 0.6) is 5.75 Å². The zero-order chi connectivity index (χ0) is 18.2. The minimum absolute atomic E-state index is 0.503. The zero-order valence-electron chi connectivity index (χ0n) is 15.1. The van der Waals surface area contributed by atoms with Crippen LogP contribution in [0.1, 0.15) is 28.4 Å². The molecule has 0 aromatic heterocycles. The van der Waals surface area contributed by atoms with Crippen molar-refractivity contribution in [2.45, 2.75) is 26.2 Å². The van der Waals surface area contributed by atoms with Crippen molar-refractivity contribution in [2.24, 2.45) is 0 Å². The van der Waals surface area contributed by atoms with Gasteiger partial charge in [0.2, 0.25) is 0 Å². The number of benzene rings is 3. The van der Waals surface area contributed by atoms with Crippen LogP contribution >= 0.6 is 0 Å². The Balaban J connectivity index is 1.48. The Morgan fingerprint density at radius 2 is 1.65 bits per heavy atom. The summed E-state index contributed by atoms with van der Waals surface area (Å²) in [5.74, 6) is 0.855. The van der Waals surface area contributed by atoms with Crippen molar-refractivity contribution >= 4 is 0 Å². The van der Waals surface area contributed by atoms with Gasteiger partial charge in [-0.15, -0.1) is 0 Å². The minimum atomic E-state index is -0.503. The van der Waals surface area contributed by atoms with Crippen LogP contribution in [0, 0.1) is 6.92 Å². The van der Waals surface area contributed by atoms with Crippen molar-refractivity contribution in [3.05, 3.63) is 101 Å². The Hall–Kier alpha value is -2.62. The van der Waals surface area contributed by atoms with E-state index in [2.05, 4.69) is 42.6 Å². The van der Waals surface area contributed by atoms with Crippen molar-refractivity contribution in [3.8, 4) is 5.75 Å². The predicted molar refractivity (Wildman–Crippen MR) is 105 cm³/mol. The summed E-state index contributed by atoms with van der Waals surface area (Å²) in [7, 11) is 0. The Morgan fingerprint density at radius 1 is 0.885 bits per heavy atom. The van der Waals surface area contributed by atoms with Crippen LogP contribution in [0.4, 0.5) is 0 Å². The highest BCUT2D eigenvalue weighted by Crippen LogP contribution is 2.16. The van der Waals surface area contributed by atoms with Gasteiger partial charge >= 0.3 is 0 Å². The summed E-state index contributed by atoms with van der Waals surface area (Å²) in [5, 5.41) is 13.5. The van der Waals surface area contributed by atoms with Crippen molar-refractivity contribution in [2.75, 3.05) is 6.54 Å². The van der Waals surface area contributed by atoms with E-state index in [0.717, 1.165) is 22.4 Å². The molecule has 3 rings (SSSR count). The van der Waals surface area contributed by atoms with E-state index >= 15 is 0 Å². The van der Waals surface area contributed by atoms with Crippen LogP contribution in [0.3, 0.4) is 0 Å². The lowest BCUT2D eigenvalue weighted by Gasteiger charge is -2.13. The summed E-state index contributed by atoms with van der Waals surface area (Å²) in [6.45, 7) is 3.84. The molecule has 0 aliphatic rings. The van der Waals surface area contributed by atoms with Gasteiger partial charge < -0.3 is 15.2 Å². The van der Waals surface area contributed by atoms with Gasteiger partial charge in [0.1, 0.15) is 12.4 Å². The van der Waals surface area contributed by atoms with Gasteiger partial charge in [-0.3, -0.25) is 0 Å². The molecule has 0 aliphatic heterocycles. The Bertz CT molecular complexity index is 800. The molecule has 0 heterocycles. The van der Waals surface area contributed by atoms with Gasteiger partial charge in [0.15, 0.2) is 0 Å². The van der Waals surface area contributed by atoms with Gasteiger partial charge in [0.05, 0.1) is 6.10 Å². The molecule has 3 heteroatoms. The molecule has 2 N–H and O–H groups in total. The quantitative estimate of drug-likeness (QED) is 0.635. The molecule has 3 nitrogen and oxygen atoms in total. The van der Waals surface area contributed by atoms with Crippen LogP contribution in [-0.2, 0) is 13.2 Å². The summed E-state index contributed by atoms with van der Waals surface area (Å²) < 4.78 is 5.89. The Kier molecular flexibility index (Phi) is 6.42. The topological polar surface area (TPSA) is 41.5 Å². The molecule has 0 fully saturated rings. The lowest BCUT2D eigenvalue weighted by molar-refractivity contribution is 0.174. The van der Waals surface area contributed by atoms with E-state index in [0.29, 0.717) is 19.7 Å². The van der Waals surface area contributed by atoms with E-state index in [1.165, 1.54) is 5.56 Å². The molecule has 0 saturated heterocycles. The average molecular weight is 347 g/mol. The monoisotopic (exact) mass is 347 g/mol. The number of nitrogens with one attached hydrogen (secondary N) is 1. The molecule has 0 bridgehead atoms. The first-order valence-electron chi connectivity index (χ1n) is 8.92. The van der Waals surface area contributed by atoms with Crippen molar-refractivity contribution in [1.82, 2.24) is 5.32 Å². The molecule has 3 aromatic rings. The molecule has 3 aromatic carbocycles. The molecule has 0 amide bonds. The molecule has 0 spiro atoms. The van der Waals surface area contributed by atoms with E-state index < -0.39 is 6.10 Å². The molecule has 26 heavy (non-hydrogen) atoms. The first-order chi connectivity index (χ1) is 12.7. The molecule has 1 atom stereocenters. The SMILES string of the molecule is Cc1ccc(COc2cccc(CNC[C@H](O)c3ccccc3)c2)cc1. The van der Waals surface area contributed by atoms with Crippen LogP contribution < -0.4 is 10.1 Å². The van der Waals surface area contributed by atoms with Gasteiger partial charge in [0, 0.05) is 13.1 Å². The highest BCUT2D eigenvalue weighted by Gasteiger charge is 2.06. The van der Waals surface area contributed by atoms with Gasteiger partial charge in [-0.2, -0.15) is 0 Å². The summed E-state index contributed by atoms with van der Waals surface area (Å²) in [6, 6.07) is 26.1. The van der Waals surface area contributed by atoms with E-state index in [9.17, 15) is 5.11 Å². The van der Waals surface area contributed by atoms with Gasteiger partial charge in [-0.25, -0.2) is 0 Å². The third-order valence-corrected chi connectivity index (χ3v) is 4.28. The number of aliphatic hydroxyl groups is 1. The van der Waals surface area contributed by atoms with Crippen LogP contribution in [0.15, 0.2) is 78.9 Å². The third kappa shape index (κ3) is 5.45. The van der Waals surface area contributed by atoms with Crippen LogP contribution in [-0.4, -0.2) is 11.7 Å². The lowest BCUT2D eigenvalue weighted by Crippen LogP contribution is -2.21. The standard InChI is InChI=1S/C23H25NO2/c1-18-10-12-19(13-11-18)17-26-22-9-5-6-20(14-22)15-24-16-23(25)21-7-3-2-4-8-21/h2-14,23-25H,15-17H2,1H3/t23-/m0/s1. The minimum Gasteiger partial charge on any atom is -0.489 e. The number of aliphatic hydroxyl groups excluding tert-OH is 1. The normalized spacial score (nSPS) is 11.9. The van der Waals surface area contributed by atoms with Crippen molar-refractivity contribution < 1.29 is 9.84 Å². The Morgan fingerprint density at radius 3 is 2.42 bits per heavy atom. The fraction of sp³-hybridized carbons (Fsp3) is 0.217. The maximum Gasteiger partial charge on any atom is 0.120 e. The first-order valence-corrected chi connectivity index (χ1v) is 8.92. The number of hydrogen-bond donors (Lipinski definition) is 2. The predicted octanol–water partition coefficient (Wildman–Crippen LogP) is 4.40.